The zero-order valence-electron chi connectivity index (χ0n) is 15.7. The standard InChI is InChI=1S/C24H25N3/c1-27-17-20-12-5-7-13-21(20)24(19-10-3-2-4-11-19)26-23(27)16-15-18-9-6-8-14-22(18)25/h2-14,24H,15-17,25H2,1H3. The highest BCUT2D eigenvalue weighted by Gasteiger charge is 2.23. The second kappa shape index (κ2) is 7.67. The van der Waals surface area contributed by atoms with Gasteiger partial charge in [-0.15, -0.1) is 0 Å². The van der Waals surface area contributed by atoms with E-state index in [1.807, 2.05) is 18.2 Å². The number of nitrogen functional groups attached to an aromatic ring is 1. The number of rotatable bonds is 4. The van der Waals surface area contributed by atoms with E-state index in [4.69, 9.17) is 10.7 Å². The zero-order valence-corrected chi connectivity index (χ0v) is 15.7. The number of nitrogens with two attached hydrogens (primary N) is 1. The summed E-state index contributed by atoms with van der Waals surface area (Å²) in [6.07, 6.45) is 1.77. The van der Waals surface area contributed by atoms with Crippen LogP contribution < -0.4 is 5.73 Å². The van der Waals surface area contributed by atoms with E-state index in [1.54, 1.807) is 0 Å². The number of nitrogens with zero attached hydrogens (tertiary/aromatic N) is 2. The fourth-order valence-electron chi connectivity index (χ4n) is 3.76. The highest BCUT2D eigenvalue weighted by Crippen LogP contribution is 2.32. The molecule has 0 radical (unpaired) electrons. The molecular weight excluding hydrogens is 330 g/mol. The summed E-state index contributed by atoms with van der Waals surface area (Å²) in [7, 11) is 2.14. The van der Waals surface area contributed by atoms with Gasteiger partial charge in [0.15, 0.2) is 0 Å². The van der Waals surface area contributed by atoms with Crippen LogP contribution in [0.4, 0.5) is 5.69 Å². The Balaban J connectivity index is 1.69. The van der Waals surface area contributed by atoms with Crippen LogP contribution in [0, 0.1) is 0 Å². The first kappa shape index (κ1) is 17.3. The van der Waals surface area contributed by atoms with Crippen LogP contribution >= 0.6 is 0 Å². The van der Waals surface area contributed by atoms with Crippen LogP contribution in [0.15, 0.2) is 83.9 Å². The normalized spacial score (nSPS) is 16.4. The topological polar surface area (TPSA) is 41.6 Å². The van der Waals surface area contributed by atoms with Gasteiger partial charge in [0.05, 0.1) is 0 Å². The number of hydrogen-bond donors (Lipinski definition) is 1. The van der Waals surface area contributed by atoms with Gasteiger partial charge < -0.3 is 10.6 Å². The lowest BCUT2D eigenvalue weighted by Crippen LogP contribution is -2.26. The van der Waals surface area contributed by atoms with Crippen LogP contribution in [0.3, 0.4) is 0 Å². The summed E-state index contributed by atoms with van der Waals surface area (Å²) in [5.74, 6) is 1.13. The summed E-state index contributed by atoms with van der Waals surface area (Å²) in [5.41, 5.74) is 12.0. The molecule has 1 aliphatic rings. The fourth-order valence-corrected chi connectivity index (χ4v) is 3.76. The Hall–Kier alpha value is -3.07. The molecule has 0 aromatic heterocycles. The van der Waals surface area contributed by atoms with Crippen molar-refractivity contribution in [3.8, 4) is 0 Å². The van der Waals surface area contributed by atoms with Gasteiger partial charge in [-0.25, -0.2) is 0 Å². The molecule has 3 aromatic rings. The molecule has 1 aliphatic heterocycles. The molecule has 1 heterocycles. The SMILES string of the molecule is CN1Cc2ccccc2C(c2ccccc2)N=C1CCc1ccccc1N. The predicted octanol–water partition coefficient (Wildman–Crippen LogP) is 4.83. The molecule has 2 N–H and O–H groups in total. The minimum atomic E-state index is 0.0375. The minimum Gasteiger partial charge on any atom is -0.399 e. The third kappa shape index (κ3) is 3.72. The summed E-state index contributed by atoms with van der Waals surface area (Å²) in [4.78, 5) is 7.49. The summed E-state index contributed by atoms with van der Waals surface area (Å²) < 4.78 is 0. The Bertz CT molecular complexity index is 947. The number of anilines is 1. The summed E-state index contributed by atoms with van der Waals surface area (Å²) >= 11 is 0. The molecule has 3 heteroatoms. The van der Waals surface area contributed by atoms with Gasteiger partial charge >= 0.3 is 0 Å². The summed E-state index contributed by atoms with van der Waals surface area (Å²) in [5, 5.41) is 0. The molecule has 1 unspecified atom stereocenters. The van der Waals surface area contributed by atoms with Crippen LogP contribution in [0.2, 0.25) is 0 Å². The Morgan fingerprint density at radius 1 is 0.889 bits per heavy atom. The smallest absolute Gasteiger partial charge is 0.102 e. The second-order valence-electron chi connectivity index (χ2n) is 7.11. The molecular formula is C24H25N3. The summed E-state index contributed by atoms with van der Waals surface area (Å²) in [6, 6.07) is 27.4. The van der Waals surface area contributed by atoms with E-state index in [1.165, 1.54) is 22.3 Å². The second-order valence-corrected chi connectivity index (χ2v) is 7.11. The molecule has 1 atom stereocenters. The minimum absolute atomic E-state index is 0.0375. The van der Waals surface area contributed by atoms with Crippen LogP contribution in [0.1, 0.15) is 34.7 Å². The molecule has 0 aliphatic carbocycles. The molecule has 0 saturated heterocycles. The number of hydrogen-bond acceptors (Lipinski definition) is 3. The molecule has 3 aromatic carbocycles. The Labute approximate surface area is 161 Å². The quantitative estimate of drug-likeness (QED) is 0.681. The highest BCUT2D eigenvalue weighted by atomic mass is 15.2. The predicted molar refractivity (Wildman–Crippen MR) is 113 cm³/mol. The fraction of sp³-hybridized carbons (Fsp3) is 0.208. The van der Waals surface area contributed by atoms with Gasteiger partial charge in [0.2, 0.25) is 0 Å². The molecule has 0 spiro atoms. The number of aliphatic imine (C=N–C) groups is 1. The third-order valence-corrected chi connectivity index (χ3v) is 5.26. The first-order valence-electron chi connectivity index (χ1n) is 9.46. The van der Waals surface area contributed by atoms with Gasteiger partial charge in [-0.05, 0) is 34.7 Å². The summed E-state index contributed by atoms with van der Waals surface area (Å²) in [6.45, 7) is 0.878. The first-order chi connectivity index (χ1) is 13.2. The molecule has 27 heavy (non-hydrogen) atoms. The van der Waals surface area contributed by atoms with Crippen molar-refractivity contribution in [1.29, 1.82) is 0 Å². The Kier molecular flexibility index (Phi) is 4.93. The molecule has 136 valence electrons. The molecule has 4 rings (SSSR count). The van der Waals surface area contributed by atoms with Crippen molar-refractivity contribution in [3.05, 3.63) is 101 Å². The van der Waals surface area contributed by atoms with E-state index in [-0.39, 0.29) is 6.04 Å². The maximum Gasteiger partial charge on any atom is 0.102 e. The van der Waals surface area contributed by atoms with Crippen molar-refractivity contribution in [1.82, 2.24) is 4.90 Å². The lowest BCUT2D eigenvalue weighted by atomic mass is 9.95. The lowest BCUT2D eigenvalue weighted by molar-refractivity contribution is 0.490. The third-order valence-electron chi connectivity index (χ3n) is 5.26. The number of benzene rings is 3. The number of fused-ring (bicyclic) bond motifs is 1. The van der Waals surface area contributed by atoms with E-state index in [0.29, 0.717) is 0 Å². The van der Waals surface area contributed by atoms with Gasteiger partial charge in [-0.3, -0.25) is 4.99 Å². The van der Waals surface area contributed by atoms with Gasteiger partial charge in [0.1, 0.15) is 11.9 Å². The number of aryl methyl sites for hydroxylation is 1. The van der Waals surface area contributed by atoms with E-state index in [2.05, 4.69) is 72.6 Å². The van der Waals surface area contributed by atoms with E-state index >= 15 is 0 Å². The first-order valence-corrected chi connectivity index (χ1v) is 9.46. The monoisotopic (exact) mass is 355 g/mol. The van der Waals surface area contributed by atoms with Gasteiger partial charge in [0, 0.05) is 25.7 Å². The van der Waals surface area contributed by atoms with Crippen LogP contribution in [0.5, 0.6) is 0 Å². The van der Waals surface area contributed by atoms with Crippen molar-refractivity contribution in [2.24, 2.45) is 4.99 Å². The maximum atomic E-state index is 6.14. The molecule has 0 fully saturated rings. The van der Waals surface area contributed by atoms with Crippen molar-refractivity contribution in [2.45, 2.75) is 25.4 Å². The molecule has 0 amide bonds. The van der Waals surface area contributed by atoms with Crippen LogP contribution in [-0.4, -0.2) is 17.8 Å². The van der Waals surface area contributed by atoms with Gasteiger partial charge in [0.25, 0.3) is 0 Å². The van der Waals surface area contributed by atoms with E-state index in [9.17, 15) is 0 Å². The van der Waals surface area contributed by atoms with E-state index in [0.717, 1.165) is 30.9 Å². The average molecular weight is 355 g/mol. The molecule has 0 saturated carbocycles. The van der Waals surface area contributed by atoms with Crippen molar-refractivity contribution in [2.75, 3.05) is 12.8 Å². The largest absolute Gasteiger partial charge is 0.399 e. The van der Waals surface area contributed by atoms with E-state index < -0.39 is 0 Å². The zero-order chi connectivity index (χ0) is 18.6. The number of para-hydroxylation sites is 1. The van der Waals surface area contributed by atoms with Crippen molar-refractivity contribution in [3.63, 3.8) is 0 Å². The highest BCUT2D eigenvalue weighted by molar-refractivity contribution is 5.83. The van der Waals surface area contributed by atoms with Gasteiger partial charge in [-0.2, -0.15) is 0 Å². The van der Waals surface area contributed by atoms with Crippen LogP contribution in [-0.2, 0) is 13.0 Å². The van der Waals surface area contributed by atoms with Crippen LogP contribution in [0.25, 0.3) is 0 Å². The average Bonchev–Trinajstić information content (AvgIpc) is 2.84. The van der Waals surface area contributed by atoms with Crippen molar-refractivity contribution >= 4 is 11.5 Å². The van der Waals surface area contributed by atoms with Crippen molar-refractivity contribution < 1.29 is 0 Å². The maximum absolute atomic E-state index is 6.14. The Morgan fingerprint density at radius 3 is 2.41 bits per heavy atom. The molecule has 3 nitrogen and oxygen atoms in total. The lowest BCUT2D eigenvalue weighted by Gasteiger charge is -2.20. The Morgan fingerprint density at radius 2 is 1.59 bits per heavy atom. The number of amidine groups is 1. The molecule has 0 bridgehead atoms. The van der Waals surface area contributed by atoms with Gasteiger partial charge in [-0.1, -0.05) is 72.8 Å².